The van der Waals surface area contributed by atoms with E-state index in [9.17, 15) is 18.0 Å². The number of nitrogens with one attached hydrogen (secondary N) is 1. The number of carbonyl (C=O) groups excluding carboxylic acids is 2. The van der Waals surface area contributed by atoms with Crippen molar-refractivity contribution >= 4 is 27.5 Å². The summed E-state index contributed by atoms with van der Waals surface area (Å²) in [5.74, 6) is 0.0121. The van der Waals surface area contributed by atoms with Gasteiger partial charge in [-0.15, -0.1) is 0 Å². The predicted octanol–water partition coefficient (Wildman–Crippen LogP) is 4.54. The molecule has 0 aliphatic rings. The molecule has 1 N–H and O–H groups in total. The zero-order valence-corrected chi connectivity index (χ0v) is 25.3. The van der Waals surface area contributed by atoms with Crippen LogP contribution in [0.25, 0.3) is 0 Å². The molecule has 2 amide bonds. The fourth-order valence-electron chi connectivity index (χ4n) is 4.24. The van der Waals surface area contributed by atoms with E-state index >= 15 is 0 Å². The molecular formula is C31H39N3O6S. The van der Waals surface area contributed by atoms with Gasteiger partial charge >= 0.3 is 0 Å². The molecule has 0 saturated heterocycles. The molecule has 0 bridgehead atoms. The van der Waals surface area contributed by atoms with Gasteiger partial charge in [0, 0.05) is 12.6 Å². The number of carbonyl (C=O) groups is 2. The average molecular weight is 582 g/mol. The highest BCUT2D eigenvalue weighted by Gasteiger charge is 2.34. The number of aryl methyl sites for hydroxylation is 1. The number of ether oxygens (including phenoxy) is 2. The molecule has 9 nitrogen and oxygen atoms in total. The van der Waals surface area contributed by atoms with Gasteiger partial charge in [-0.3, -0.25) is 13.9 Å². The number of rotatable bonds is 13. The molecule has 0 radical (unpaired) electrons. The Morgan fingerprint density at radius 2 is 1.63 bits per heavy atom. The standard InChI is InChI=1S/C31H39N3O6S/c1-7-23(3)32-31(36)24(4)33(20-25-12-11-13-26(19-25)39-5)30(35)21-34(28-18-22(2)16-17-29(28)40-6)41(37,38)27-14-9-8-10-15-27/h8-19,23-24H,7,20-21H2,1-6H3,(H,32,36)/t23-,24-/m0/s1. The summed E-state index contributed by atoms with van der Waals surface area (Å²) in [6.07, 6.45) is 0.721. The number of hydrogen-bond donors (Lipinski definition) is 1. The topological polar surface area (TPSA) is 105 Å². The third kappa shape index (κ3) is 7.79. The quantitative estimate of drug-likeness (QED) is 0.318. The summed E-state index contributed by atoms with van der Waals surface area (Å²) in [4.78, 5) is 28.7. The van der Waals surface area contributed by atoms with Crippen molar-refractivity contribution in [3.63, 3.8) is 0 Å². The Morgan fingerprint density at radius 1 is 0.927 bits per heavy atom. The summed E-state index contributed by atoms with van der Waals surface area (Å²) in [6.45, 7) is 6.82. The molecule has 0 unspecified atom stereocenters. The molecule has 3 aromatic rings. The highest BCUT2D eigenvalue weighted by atomic mass is 32.2. The Labute approximate surface area is 243 Å². The molecule has 2 atom stereocenters. The Bertz CT molecular complexity index is 1450. The normalized spacial score (nSPS) is 12.6. The molecule has 0 saturated carbocycles. The van der Waals surface area contributed by atoms with Crippen LogP contribution < -0.4 is 19.1 Å². The average Bonchev–Trinajstić information content (AvgIpc) is 2.98. The van der Waals surface area contributed by atoms with E-state index in [0.717, 1.165) is 21.9 Å². The van der Waals surface area contributed by atoms with Crippen LogP contribution in [0.2, 0.25) is 0 Å². The second kappa shape index (κ2) is 14.0. The first-order valence-electron chi connectivity index (χ1n) is 13.5. The molecule has 0 aliphatic carbocycles. The number of amides is 2. The van der Waals surface area contributed by atoms with Gasteiger partial charge in [0.05, 0.1) is 24.8 Å². The fraction of sp³-hybridized carbons (Fsp3) is 0.355. The number of sulfonamides is 1. The molecule has 0 aromatic heterocycles. The lowest BCUT2D eigenvalue weighted by Gasteiger charge is -2.33. The molecule has 10 heteroatoms. The van der Waals surface area contributed by atoms with Crippen LogP contribution in [0.3, 0.4) is 0 Å². The summed E-state index contributed by atoms with van der Waals surface area (Å²) in [6, 6.07) is 19.3. The van der Waals surface area contributed by atoms with Crippen LogP contribution in [0.15, 0.2) is 77.7 Å². The first-order chi connectivity index (χ1) is 19.5. The lowest BCUT2D eigenvalue weighted by Crippen LogP contribution is -2.52. The van der Waals surface area contributed by atoms with Gasteiger partial charge in [-0.2, -0.15) is 0 Å². The SMILES string of the molecule is CC[C@H](C)NC(=O)[C@H](C)N(Cc1cccc(OC)c1)C(=O)CN(c1cc(C)ccc1OC)S(=O)(=O)c1ccccc1. The van der Waals surface area contributed by atoms with Crippen LogP contribution in [0, 0.1) is 6.92 Å². The molecule has 0 heterocycles. The van der Waals surface area contributed by atoms with Crippen molar-refractivity contribution < 1.29 is 27.5 Å². The van der Waals surface area contributed by atoms with Crippen molar-refractivity contribution in [2.45, 2.75) is 57.6 Å². The zero-order chi connectivity index (χ0) is 30.2. The largest absolute Gasteiger partial charge is 0.497 e. The summed E-state index contributed by atoms with van der Waals surface area (Å²) >= 11 is 0. The summed E-state index contributed by atoms with van der Waals surface area (Å²) < 4.78 is 39.9. The molecule has 3 aromatic carbocycles. The highest BCUT2D eigenvalue weighted by molar-refractivity contribution is 7.92. The van der Waals surface area contributed by atoms with Crippen LogP contribution in [0.5, 0.6) is 11.5 Å². The first-order valence-corrected chi connectivity index (χ1v) is 14.9. The number of anilines is 1. The van der Waals surface area contributed by atoms with Gasteiger partial charge in [-0.05, 0) is 74.7 Å². The second-order valence-corrected chi connectivity index (χ2v) is 11.7. The van der Waals surface area contributed by atoms with E-state index in [1.165, 1.54) is 24.1 Å². The summed E-state index contributed by atoms with van der Waals surface area (Å²) in [5, 5.41) is 2.93. The van der Waals surface area contributed by atoms with Crippen molar-refractivity contribution in [3.8, 4) is 11.5 Å². The minimum Gasteiger partial charge on any atom is -0.497 e. The smallest absolute Gasteiger partial charge is 0.264 e. The lowest BCUT2D eigenvalue weighted by molar-refractivity contribution is -0.139. The summed E-state index contributed by atoms with van der Waals surface area (Å²) in [7, 11) is -1.21. The van der Waals surface area contributed by atoms with E-state index < -0.39 is 28.5 Å². The monoisotopic (exact) mass is 581 g/mol. The molecule has 0 aliphatic heterocycles. The Morgan fingerprint density at radius 3 is 2.27 bits per heavy atom. The van der Waals surface area contributed by atoms with Crippen LogP contribution in [0.4, 0.5) is 5.69 Å². The molecule has 3 rings (SSSR count). The fourth-order valence-corrected chi connectivity index (χ4v) is 5.68. The zero-order valence-electron chi connectivity index (χ0n) is 24.5. The molecule has 0 spiro atoms. The van der Waals surface area contributed by atoms with Gasteiger partial charge in [-0.1, -0.05) is 43.3 Å². The van der Waals surface area contributed by atoms with Gasteiger partial charge in [0.25, 0.3) is 10.0 Å². The van der Waals surface area contributed by atoms with E-state index in [4.69, 9.17) is 9.47 Å². The van der Waals surface area contributed by atoms with Crippen molar-refractivity contribution in [1.29, 1.82) is 0 Å². The molecule has 0 fully saturated rings. The highest BCUT2D eigenvalue weighted by Crippen LogP contribution is 2.33. The van der Waals surface area contributed by atoms with Gasteiger partial charge in [0.15, 0.2) is 0 Å². The number of nitrogens with zero attached hydrogens (tertiary/aromatic N) is 2. The van der Waals surface area contributed by atoms with Crippen molar-refractivity contribution in [2.24, 2.45) is 0 Å². The third-order valence-electron chi connectivity index (χ3n) is 6.87. The van der Waals surface area contributed by atoms with E-state index in [1.54, 1.807) is 68.6 Å². The van der Waals surface area contributed by atoms with E-state index in [0.29, 0.717) is 11.5 Å². The maximum Gasteiger partial charge on any atom is 0.264 e. The van der Waals surface area contributed by atoms with E-state index in [2.05, 4.69) is 5.32 Å². The van der Waals surface area contributed by atoms with Crippen LogP contribution in [-0.4, -0.2) is 58.0 Å². The van der Waals surface area contributed by atoms with Crippen LogP contribution >= 0.6 is 0 Å². The third-order valence-corrected chi connectivity index (χ3v) is 8.64. The summed E-state index contributed by atoms with van der Waals surface area (Å²) in [5.41, 5.74) is 1.74. The van der Waals surface area contributed by atoms with Gasteiger partial charge in [-0.25, -0.2) is 8.42 Å². The Hall–Kier alpha value is -4.05. The second-order valence-electron chi connectivity index (χ2n) is 9.87. The van der Waals surface area contributed by atoms with E-state index in [1.807, 2.05) is 26.8 Å². The van der Waals surface area contributed by atoms with Gasteiger partial charge < -0.3 is 19.7 Å². The van der Waals surface area contributed by atoms with Crippen molar-refractivity contribution in [3.05, 3.63) is 83.9 Å². The minimum atomic E-state index is -4.20. The number of benzene rings is 3. The molecule has 220 valence electrons. The van der Waals surface area contributed by atoms with Gasteiger partial charge in [0.1, 0.15) is 24.1 Å². The predicted molar refractivity (Wildman–Crippen MR) is 160 cm³/mol. The maximum atomic E-state index is 14.1. The maximum absolute atomic E-state index is 14.1. The van der Waals surface area contributed by atoms with Crippen LogP contribution in [-0.2, 0) is 26.2 Å². The lowest BCUT2D eigenvalue weighted by atomic mass is 10.1. The number of methoxy groups -OCH3 is 2. The minimum absolute atomic E-state index is 0.0262. The van der Waals surface area contributed by atoms with E-state index in [-0.39, 0.29) is 29.1 Å². The first kappa shape index (κ1) is 31.5. The molecular weight excluding hydrogens is 542 g/mol. The number of hydrogen-bond acceptors (Lipinski definition) is 6. The van der Waals surface area contributed by atoms with Gasteiger partial charge in [0.2, 0.25) is 11.8 Å². The van der Waals surface area contributed by atoms with Crippen molar-refractivity contribution in [1.82, 2.24) is 10.2 Å². The Balaban J connectivity index is 2.09. The molecule has 41 heavy (non-hydrogen) atoms. The van der Waals surface area contributed by atoms with Crippen molar-refractivity contribution in [2.75, 3.05) is 25.1 Å². The Kier molecular flexibility index (Phi) is 10.8. The van der Waals surface area contributed by atoms with Crippen LogP contribution in [0.1, 0.15) is 38.3 Å².